The maximum atomic E-state index is 13.8. The first kappa shape index (κ1) is 23.7. The molecule has 0 saturated carbocycles. The van der Waals surface area contributed by atoms with Crippen molar-refractivity contribution in [3.05, 3.63) is 54.3 Å². The lowest BCUT2D eigenvalue weighted by Crippen LogP contribution is -2.30. The predicted octanol–water partition coefficient (Wildman–Crippen LogP) is 4.45. The van der Waals surface area contributed by atoms with Crippen molar-refractivity contribution >= 4 is 5.69 Å². The van der Waals surface area contributed by atoms with Crippen molar-refractivity contribution < 1.29 is 19.0 Å². The number of aromatic nitrogens is 3. The number of rotatable bonds is 9. The Morgan fingerprint density at radius 1 is 1.12 bits per heavy atom. The molecule has 0 aliphatic rings. The molecule has 0 spiro atoms. The quantitative estimate of drug-likeness (QED) is 0.510. The zero-order valence-electron chi connectivity index (χ0n) is 19.2. The highest BCUT2D eigenvalue weighted by Crippen LogP contribution is 2.26. The van der Waals surface area contributed by atoms with Crippen molar-refractivity contribution in [1.29, 1.82) is 0 Å². The van der Waals surface area contributed by atoms with Crippen LogP contribution < -0.4 is 10.1 Å². The second-order valence-corrected chi connectivity index (χ2v) is 8.82. The number of benzene rings is 2. The lowest BCUT2D eigenvalue weighted by atomic mass is 10.2. The summed E-state index contributed by atoms with van der Waals surface area (Å²) in [5, 5.41) is 17.9. The first-order valence-corrected chi connectivity index (χ1v) is 10.7. The Labute approximate surface area is 188 Å². The second kappa shape index (κ2) is 10.1. The second-order valence-electron chi connectivity index (χ2n) is 8.82. The van der Waals surface area contributed by atoms with E-state index in [-0.39, 0.29) is 30.1 Å². The largest absolute Gasteiger partial charge is 0.460 e. The number of halogens is 1. The van der Waals surface area contributed by atoms with Gasteiger partial charge in [0, 0.05) is 17.8 Å². The van der Waals surface area contributed by atoms with Gasteiger partial charge in [-0.1, -0.05) is 18.2 Å². The lowest BCUT2D eigenvalue weighted by molar-refractivity contribution is -0.0449. The van der Waals surface area contributed by atoms with Crippen molar-refractivity contribution in [3.8, 4) is 23.1 Å². The van der Waals surface area contributed by atoms with Crippen LogP contribution >= 0.6 is 0 Å². The number of hydrogen-bond acceptors (Lipinski definition) is 6. The molecule has 0 saturated heterocycles. The molecule has 0 amide bonds. The smallest absolute Gasteiger partial charge is 0.336 e. The van der Waals surface area contributed by atoms with Crippen LogP contribution in [0.4, 0.5) is 10.1 Å². The van der Waals surface area contributed by atoms with Gasteiger partial charge in [0.25, 0.3) is 0 Å². The summed E-state index contributed by atoms with van der Waals surface area (Å²) >= 11 is 0. The fourth-order valence-corrected chi connectivity index (χ4v) is 2.94. The van der Waals surface area contributed by atoms with Gasteiger partial charge < -0.3 is 19.9 Å². The average Bonchev–Trinajstić information content (AvgIpc) is 3.13. The molecule has 32 heavy (non-hydrogen) atoms. The molecule has 1 heterocycles. The Morgan fingerprint density at radius 2 is 1.88 bits per heavy atom. The van der Waals surface area contributed by atoms with Crippen LogP contribution in [0.25, 0.3) is 17.1 Å². The third-order valence-corrected chi connectivity index (χ3v) is 4.35. The van der Waals surface area contributed by atoms with E-state index in [9.17, 15) is 9.50 Å². The van der Waals surface area contributed by atoms with E-state index in [1.165, 1.54) is 12.1 Å². The van der Waals surface area contributed by atoms with E-state index in [4.69, 9.17) is 9.47 Å². The van der Waals surface area contributed by atoms with Crippen LogP contribution in [0.1, 0.15) is 34.6 Å². The van der Waals surface area contributed by atoms with Crippen LogP contribution in [-0.2, 0) is 4.74 Å². The fraction of sp³-hybridized carbons (Fsp3) is 0.417. The van der Waals surface area contributed by atoms with Gasteiger partial charge in [-0.15, -0.1) is 5.10 Å². The van der Waals surface area contributed by atoms with E-state index in [1.807, 2.05) is 58.9 Å². The number of nitrogens with zero attached hydrogens (tertiary/aromatic N) is 3. The summed E-state index contributed by atoms with van der Waals surface area (Å²) in [6.07, 6.45) is -0.755. The minimum Gasteiger partial charge on any atom is -0.460 e. The summed E-state index contributed by atoms with van der Waals surface area (Å²) < 4.78 is 26.8. The van der Waals surface area contributed by atoms with Gasteiger partial charge in [0.2, 0.25) is 0 Å². The molecule has 0 bridgehead atoms. The van der Waals surface area contributed by atoms with E-state index >= 15 is 0 Å². The highest BCUT2D eigenvalue weighted by atomic mass is 19.1. The first-order valence-electron chi connectivity index (χ1n) is 10.7. The van der Waals surface area contributed by atoms with Crippen LogP contribution in [-0.4, -0.2) is 50.8 Å². The molecule has 2 N–H and O–H groups in total. The van der Waals surface area contributed by atoms with Gasteiger partial charge in [-0.2, -0.15) is 4.98 Å². The van der Waals surface area contributed by atoms with Gasteiger partial charge in [0.1, 0.15) is 5.82 Å². The minimum absolute atomic E-state index is 0.101. The molecule has 0 aliphatic heterocycles. The highest BCUT2D eigenvalue weighted by Gasteiger charge is 2.17. The Balaban J connectivity index is 1.83. The summed E-state index contributed by atoms with van der Waals surface area (Å²) in [5.74, 6) is 0.112. The monoisotopic (exact) mass is 442 g/mol. The maximum absolute atomic E-state index is 13.8. The number of nitrogens with one attached hydrogen (secondary N) is 1. The Bertz CT molecular complexity index is 1030. The van der Waals surface area contributed by atoms with Crippen LogP contribution in [0.15, 0.2) is 48.5 Å². The normalized spacial score (nSPS) is 12.8. The number of anilines is 1. The molecular formula is C24H31FN4O3. The molecule has 172 valence electrons. The molecule has 0 fully saturated rings. The molecule has 8 heteroatoms. The van der Waals surface area contributed by atoms with Crippen molar-refractivity contribution in [3.63, 3.8) is 0 Å². The average molecular weight is 443 g/mol. The number of hydrogen-bond donors (Lipinski definition) is 2. The van der Waals surface area contributed by atoms with Crippen molar-refractivity contribution in [2.24, 2.45) is 0 Å². The van der Waals surface area contributed by atoms with Crippen molar-refractivity contribution in [2.45, 2.75) is 52.4 Å². The molecule has 0 aliphatic carbocycles. The molecule has 1 aromatic heterocycles. The SMILES string of the molecule is CC(C)Oc1nc(-c2cccc(F)c2)n(-c2cccc(NC[C@H](O)COC(C)(C)C)c2)n1. The summed E-state index contributed by atoms with van der Waals surface area (Å²) in [7, 11) is 0. The third-order valence-electron chi connectivity index (χ3n) is 4.35. The number of aliphatic hydroxyl groups is 1. The standard InChI is InChI=1S/C24H31FN4O3/c1-16(2)32-23-27-22(17-8-6-9-18(25)12-17)29(28-23)20-11-7-10-19(13-20)26-14-21(30)15-31-24(3,4)5/h6-13,16,21,26,30H,14-15H2,1-5H3/t21-/m0/s1. The predicted molar refractivity (Wildman–Crippen MR) is 123 cm³/mol. The Kier molecular flexibility index (Phi) is 7.48. The molecular weight excluding hydrogens is 411 g/mol. The van der Waals surface area contributed by atoms with Crippen molar-refractivity contribution in [2.75, 3.05) is 18.5 Å². The van der Waals surface area contributed by atoms with E-state index < -0.39 is 6.10 Å². The Morgan fingerprint density at radius 3 is 2.56 bits per heavy atom. The van der Waals surface area contributed by atoms with Crippen molar-refractivity contribution in [1.82, 2.24) is 14.8 Å². The lowest BCUT2D eigenvalue weighted by Gasteiger charge is -2.22. The van der Waals surface area contributed by atoms with Gasteiger partial charge in [-0.3, -0.25) is 0 Å². The topological polar surface area (TPSA) is 81.4 Å². The molecule has 2 aromatic carbocycles. The molecule has 3 rings (SSSR count). The summed E-state index contributed by atoms with van der Waals surface area (Å²) in [5.41, 5.74) is 1.80. The van der Waals surface area contributed by atoms with Crippen LogP contribution in [0.5, 0.6) is 6.01 Å². The number of aliphatic hydroxyl groups excluding tert-OH is 1. The van der Waals surface area contributed by atoms with Gasteiger partial charge in [-0.25, -0.2) is 9.07 Å². The first-order chi connectivity index (χ1) is 15.1. The molecule has 7 nitrogen and oxygen atoms in total. The summed E-state index contributed by atoms with van der Waals surface area (Å²) in [6.45, 7) is 10.2. The van der Waals surface area contributed by atoms with Gasteiger partial charge in [-0.05, 0) is 65.0 Å². The Hall–Kier alpha value is -2.97. The van der Waals surface area contributed by atoms with Crippen LogP contribution in [0, 0.1) is 5.82 Å². The fourth-order valence-electron chi connectivity index (χ4n) is 2.94. The van der Waals surface area contributed by atoms with E-state index in [1.54, 1.807) is 16.8 Å². The van der Waals surface area contributed by atoms with Gasteiger partial charge >= 0.3 is 6.01 Å². The highest BCUT2D eigenvalue weighted by molar-refractivity contribution is 5.60. The number of ether oxygens (including phenoxy) is 2. The van der Waals surface area contributed by atoms with Gasteiger partial charge in [0.15, 0.2) is 5.82 Å². The van der Waals surface area contributed by atoms with Gasteiger partial charge in [0.05, 0.1) is 30.1 Å². The van der Waals surface area contributed by atoms with Crippen LogP contribution in [0.2, 0.25) is 0 Å². The van der Waals surface area contributed by atoms with E-state index in [2.05, 4.69) is 15.4 Å². The molecule has 3 aromatic rings. The molecule has 0 unspecified atom stereocenters. The summed E-state index contributed by atoms with van der Waals surface area (Å²) in [4.78, 5) is 4.48. The van der Waals surface area contributed by atoms with Crippen LogP contribution in [0.3, 0.4) is 0 Å². The molecule has 1 atom stereocenters. The zero-order valence-corrected chi connectivity index (χ0v) is 19.2. The van der Waals surface area contributed by atoms with E-state index in [0.717, 1.165) is 11.4 Å². The zero-order chi connectivity index (χ0) is 23.3. The molecule has 0 radical (unpaired) electrons. The third kappa shape index (κ3) is 6.77. The maximum Gasteiger partial charge on any atom is 0.336 e. The summed E-state index contributed by atoms with van der Waals surface area (Å²) in [6, 6.07) is 13.9. The van der Waals surface area contributed by atoms with E-state index in [0.29, 0.717) is 17.9 Å². The minimum atomic E-state index is -0.654.